The Morgan fingerprint density at radius 3 is 2.67 bits per heavy atom. The second kappa shape index (κ2) is 4.97. The molecule has 0 amide bonds. The molecule has 0 unspecified atom stereocenters. The molecule has 1 aromatic heterocycles. The van der Waals surface area contributed by atoms with E-state index in [1.165, 1.54) is 12.3 Å². The van der Waals surface area contributed by atoms with Crippen molar-refractivity contribution < 1.29 is 9.90 Å². The van der Waals surface area contributed by atoms with Gasteiger partial charge in [-0.05, 0) is 18.2 Å². The zero-order valence-corrected chi connectivity index (χ0v) is 11.7. The second-order valence-electron chi connectivity index (χ2n) is 5.00. The first-order valence-electron chi connectivity index (χ1n) is 6.64. The lowest BCUT2D eigenvalue weighted by Crippen LogP contribution is -2.37. The Morgan fingerprint density at radius 1 is 1.29 bits per heavy atom. The lowest BCUT2D eigenvalue weighted by molar-refractivity contribution is 0.0696. The number of carboxylic acid groups (broad SMARTS) is 1. The third-order valence-electron chi connectivity index (χ3n) is 3.64. The van der Waals surface area contributed by atoms with Crippen LogP contribution >= 0.6 is 0 Å². The molecule has 2 heterocycles. The summed E-state index contributed by atoms with van der Waals surface area (Å²) < 4.78 is 0. The summed E-state index contributed by atoms with van der Waals surface area (Å²) in [4.78, 5) is 19.4. The van der Waals surface area contributed by atoms with Gasteiger partial charge in [0.2, 0.25) is 0 Å². The predicted molar refractivity (Wildman–Crippen MR) is 82.3 cm³/mol. The van der Waals surface area contributed by atoms with Crippen LogP contribution in [0.2, 0.25) is 0 Å². The van der Waals surface area contributed by atoms with Crippen molar-refractivity contribution in [2.75, 3.05) is 35.7 Å². The Kier molecular flexibility index (Phi) is 3.13. The molecule has 0 atom stereocenters. The van der Waals surface area contributed by atoms with Gasteiger partial charge in [-0.25, -0.2) is 9.78 Å². The highest BCUT2D eigenvalue weighted by atomic mass is 16.4. The van der Waals surface area contributed by atoms with E-state index in [1.807, 2.05) is 36.2 Å². The van der Waals surface area contributed by atoms with Crippen molar-refractivity contribution in [1.29, 1.82) is 0 Å². The van der Waals surface area contributed by atoms with Crippen LogP contribution in [0.4, 0.5) is 22.9 Å². The molecule has 0 radical (unpaired) electrons. The number of likely N-dealkylation sites (N-methyl/N-ethyl adjacent to an activating group) is 1. The number of benzene rings is 1. The summed E-state index contributed by atoms with van der Waals surface area (Å²) in [6.45, 7) is 1.59. The van der Waals surface area contributed by atoms with Crippen LogP contribution in [0.3, 0.4) is 0 Å². The number of fused-ring (bicyclic) bond motifs is 1. The maximum atomic E-state index is 11.0. The topological polar surface area (TPSA) is 82.7 Å². The lowest BCUT2D eigenvalue weighted by Gasteiger charge is -2.36. The van der Waals surface area contributed by atoms with Crippen LogP contribution in [0.15, 0.2) is 36.5 Å². The van der Waals surface area contributed by atoms with Gasteiger partial charge in [0.15, 0.2) is 5.82 Å². The predicted octanol–water partition coefficient (Wildman–Crippen LogP) is 1.95. The fourth-order valence-electron chi connectivity index (χ4n) is 2.54. The average Bonchev–Trinajstić information content (AvgIpc) is 2.48. The molecule has 0 saturated carbocycles. The highest BCUT2D eigenvalue weighted by Gasteiger charge is 2.23. The molecule has 3 N–H and O–H groups in total. The van der Waals surface area contributed by atoms with Gasteiger partial charge in [-0.1, -0.05) is 12.1 Å². The highest BCUT2D eigenvalue weighted by molar-refractivity contribution is 5.90. The van der Waals surface area contributed by atoms with Gasteiger partial charge in [-0.3, -0.25) is 0 Å². The molecule has 1 aliphatic rings. The van der Waals surface area contributed by atoms with E-state index in [1.54, 1.807) is 0 Å². The highest BCUT2D eigenvalue weighted by Crippen LogP contribution is 2.37. The number of nitrogens with two attached hydrogens (primary N) is 1. The van der Waals surface area contributed by atoms with Crippen molar-refractivity contribution in [1.82, 2.24) is 4.98 Å². The summed E-state index contributed by atoms with van der Waals surface area (Å²) in [6, 6.07) is 9.46. The summed E-state index contributed by atoms with van der Waals surface area (Å²) >= 11 is 0. The molecule has 1 aliphatic heterocycles. The fourth-order valence-corrected chi connectivity index (χ4v) is 2.54. The van der Waals surface area contributed by atoms with Gasteiger partial charge in [0.1, 0.15) is 0 Å². The maximum absolute atomic E-state index is 11.0. The molecule has 0 bridgehead atoms. The van der Waals surface area contributed by atoms with Gasteiger partial charge >= 0.3 is 5.97 Å². The molecule has 21 heavy (non-hydrogen) atoms. The van der Waals surface area contributed by atoms with Gasteiger partial charge in [-0.15, -0.1) is 0 Å². The number of hydrogen-bond donors (Lipinski definition) is 2. The summed E-state index contributed by atoms with van der Waals surface area (Å²) in [5.74, 6) is -0.430. The van der Waals surface area contributed by atoms with E-state index >= 15 is 0 Å². The molecule has 2 aromatic rings. The molecular formula is C15H16N4O2. The van der Waals surface area contributed by atoms with Crippen molar-refractivity contribution in [3.8, 4) is 0 Å². The van der Waals surface area contributed by atoms with Gasteiger partial charge < -0.3 is 20.6 Å². The van der Waals surface area contributed by atoms with E-state index in [9.17, 15) is 4.79 Å². The van der Waals surface area contributed by atoms with E-state index in [0.29, 0.717) is 11.5 Å². The van der Waals surface area contributed by atoms with Crippen LogP contribution in [0.5, 0.6) is 0 Å². The molecular weight excluding hydrogens is 268 g/mol. The number of anilines is 4. The standard InChI is InChI=1S/C15H16N4O2/c1-18-6-7-19(13-5-3-2-4-12(13)18)14-11(16)8-10(9-17-14)15(20)21/h2-5,8-9H,6-7,16H2,1H3,(H,20,21). The zero-order valence-electron chi connectivity index (χ0n) is 11.7. The van der Waals surface area contributed by atoms with Gasteiger partial charge in [0.05, 0.1) is 22.6 Å². The summed E-state index contributed by atoms with van der Waals surface area (Å²) in [5, 5.41) is 8.99. The van der Waals surface area contributed by atoms with Crippen LogP contribution in [-0.2, 0) is 0 Å². The number of carboxylic acids is 1. The number of hydrogen-bond acceptors (Lipinski definition) is 5. The molecule has 0 spiro atoms. The van der Waals surface area contributed by atoms with Crippen molar-refractivity contribution in [2.24, 2.45) is 0 Å². The van der Waals surface area contributed by atoms with E-state index in [2.05, 4.69) is 9.88 Å². The zero-order chi connectivity index (χ0) is 15.0. The third kappa shape index (κ3) is 2.24. The van der Waals surface area contributed by atoms with E-state index in [0.717, 1.165) is 24.5 Å². The minimum atomic E-state index is -1.03. The van der Waals surface area contributed by atoms with Crippen molar-refractivity contribution >= 4 is 28.8 Å². The summed E-state index contributed by atoms with van der Waals surface area (Å²) in [5.41, 5.74) is 8.59. The molecule has 108 valence electrons. The third-order valence-corrected chi connectivity index (χ3v) is 3.64. The summed E-state index contributed by atoms with van der Waals surface area (Å²) in [6.07, 6.45) is 1.34. The minimum Gasteiger partial charge on any atom is -0.478 e. The smallest absolute Gasteiger partial charge is 0.337 e. The first kappa shape index (κ1) is 13.2. The van der Waals surface area contributed by atoms with Crippen LogP contribution < -0.4 is 15.5 Å². The number of pyridine rings is 1. The fraction of sp³-hybridized carbons (Fsp3) is 0.200. The molecule has 0 fully saturated rings. The Labute approximate surface area is 122 Å². The maximum Gasteiger partial charge on any atom is 0.337 e. The van der Waals surface area contributed by atoms with E-state index in [4.69, 9.17) is 10.8 Å². The van der Waals surface area contributed by atoms with Crippen LogP contribution in [0.1, 0.15) is 10.4 Å². The Bertz CT molecular complexity index is 702. The molecule has 6 nitrogen and oxygen atoms in total. The number of nitrogen functional groups attached to an aromatic ring is 1. The SMILES string of the molecule is CN1CCN(c2ncc(C(=O)O)cc2N)c2ccccc21. The largest absolute Gasteiger partial charge is 0.478 e. The normalized spacial score (nSPS) is 14.0. The Morgan fingerprint density at radius 2 is 2.00 bits per heavy atom. The number of rotatable bonds is 2. The number of para-hydroxylation sites is 2. The molecule has 1 aromatic carbocycles. The van der Waals surface area contributed by atoms with Crippen molar-refractivity contribution in [3.63, 3.8) is 0 Å². The van der Waals surface area contributed by atoms with Crippen molar-refractivity contribution in [3.05, 3.63) is 42.1 Å². The minimum absolute atomic E-state index is 0.0960. The number of carbonyl (C=O) groups is 1. The second-order valence-corrected chi connectivity index (χ2v) is 5.00. The van der Waals surface area contributed by atoms with E-state index < -0.39 is 5.97 Å². The van der Waals surface area contributed by atoms with Crippen LogP contribution in [0, 0.1) is 0 Å². The van der Waals surface area contributed by atoms with Gasteiger partial charge in [-0.2, -0.15) is 0 Å². The first-order valence-corrected chi connectivity index (χ1v) is 6.64. The summed E-state index contributed by atoms with van der Waals surface area (Å²) in [7, 11) is 2.04. The molecule has 0 saturated heterocycles. The molecule has 6 heteroatoms. The first-order chi connectivity index (χ1) is 10.1. The Balaban J connectivity index is 2.06. The quantitative estimate of drug-likeness (QED) is 0.877. The van der Waals surface area contributed by atoms with E-state index in [-0.39, 0.29) is 5.56 Å². The van der Waals surface area contributed by atoms with Crippen molar-refractivity contribution in [2.45, 2.75) is 0 Å². The van der Waals surface area contributed by atoms with Gasteiger partial charge in [0.25, 0.3) is 0 Å². The molecule has 3 rings (SSSR count). The van der Waals surface area contributed by atoms with Gasteiger partial charge in [0, 0.05) is 26.3 Å². The Hall–Kier alpha value is -2.76. The van der Waals surface area contributed by atoms with Crippen LogP contribution in [-0.4, -0.2) is 36.2 Å². The monoisotopic (exact) mass is 284 g/mol. The van der Waals surface area contributed by atoms with Crippen LogP contribution in [0.25, 0.3) is 0 Å². The number of nitrogens with zero attached hydrogens (tertiary/aromatic N) is 3. The molecule has 0 aliphatic carbocycles. The number of aromatic carboxylic acids is 1. The average molecular weight is 284 g/mol. The number of aromatic nitrogens is 1. The lowest BCUT2D eigenvalue weighted by atomic mass is 10.1.